The molecule has 1 aliphatic rings. The number of benzene rings is 1. The van der Waals surface area contributed by atoms with E-state index in [9.17, 15) is 5.11 Å². The van der Waals surface area contributed by atoms with Crippen molar-refractivity contribution in [1.29, 1.82) is 0 Å². The fourth-order valence-electron chi connectivity index (χ4n) is 2.37. The summed E-state index contributed by atoms with van der Waals surface area (Å²) in [7, 11) is 1.62. The van der Waals surface area contributed by atoms with Gasteiger partial charge < -0.3 is 19.7 Å². The number of methoxy groups -OCH3 is 1. The summed E-state index contributed by atoms with van der Waals surface area (Å²) >= 11 is 0. The highest BCUT2D eigenvalue weighted by Crippen LogP contribution is 2.30. The Morgan fingerprint density at radius 3 is 3.00 bits per heavy atom. The third-order valence-electron chi connectivity index (χ3n) is 3.45. The predicted octanol–water partition coefficient (Wildman–Crippen LogP) is 1.45. The van der Waals surface area contributed by atoms with Crippen molar-refractivity contribution in [2.45, 2.75) is 25.5 Å². The summed E-state index contributed by atoms with van der Waals surface area (Å²) in [6.45, 7) is 2.55. The fraction of sp³-hybridized carbons (Fsp3) is 0.429. The average Bonchev–Trinajstić information content (AvgIpc) is 3.07. The van der Waals surface area contributed by atoms with E-state index in [1.807, 2.05) is 25.1 Å². The molecule has 0 spiro atoms. The number of aromatic nitrogens is 2. The number of ether oxygens (including phenoxy) is 1. The quantitative estimate of drug-likeness (QED) is 0.882. The molecule has 1 fully saturated rings. The zero-order valence-electron chi connectivity index (χ0n) is 11.5. The molecular formula is C14H17N3O3. The molecule has 2 atom stereocenters. The molecule has 0 unspecified atom stereocenters. The average molecular weight is 275 g/mol. The van der Waals surface area contributed by atoms with Crippen LogP contribution in [0.3, 0.4) is 0 Å². The van der Waals surface area contributed by atoms with Crippen LogP contribution in [0.15, 0.2) is 22.7 Å². The summed E-state index contributed by atoms with van der Waals surface area (Å²) in [5, 5.41) is 16.7. The van der Waals surface area contributed by atoms with Crippen LogP contribution in [0.5, 0.6) is 5.75 Å². The number of hydrogen-bond acceptors (Lipinski definition) is 6. The van der Waals surface area contributed by atoms with E-state index < -0.39 is 0 Å². The second-order valence-corrected chi connectivity index (χ2v) is 5.01. The Labute approximate surface area is 116 Å². The van der Waals surface area contributed by atoms with Gasteiger partial charge in [-0.3, -0.25) is 0 Å². The number of hydrogen-bond donors (Lipinski definition) is 2. The van der Waals surface area contributed by atoms with Gasteiger partial charge in [0, 0.05) is 6.54 Å². The van der Waals surface area contributed by atoms with Crippen molar-refractivity contribution in [3.05, 3.63) is 29.7 Å². The molecule has 2 heterocycles. The monoisotopic (exact) mass is 275 g/mol. The minimum atomic E-state index is -0.357. The first-order valence-corrected chi connectivity index (χ1v) is 6.57. The number of β-amino-alcohol motifs (C(OH)–C–C–N with tert-alkyl or cyclic N) is 1. The zero-order valence-corrected chi connectivity index (χ0v) is 11.5. The lowest BCUT2D eigenvalue weighted by molar-refractivity contribution is 0.191. The molecule has 6 heteroatoms. The molecule has 0 bridgehead atoms. The van der Waals surface area contributed by atoms with Crippen molar-refractivity contribution >= 4 is 0 Å². The molecule has 1 aromatic carbocycles. The lowest BCUT2D eigenvalue weighted by atomic mass is 10.1. The highest BCUT2D eigenvalue weighted by molar-refractivity contribution is 5.64. The fourth-order valence-corrected chi connectivity index (χ4v) is 2.37. The standard InChI is InChI=1S/C14H17N3O3/c1-8-3-4-10(12(5-8)19-2)13-16-14(20-17-13)11-6-9(18)7-15-11/h3-5,9,11,15,18H,6-7H2,1-2H3/t9-,11+/m0/s1. The maximum Gasteiger partial charge on any atom is 0.244 e. The summed E-state index contributed by atoms with van der Waals surface area (Å²) in [5.74, 6) is 1.72. The highest BCUT2D eigenvalue weighted by atomic mass is 16.5. The minimum Gasteiger partial charge on any atom is -0.496 e. The van der Waals surface area contributed by atoms with Gasteiger partial charge in [0.25, 0.3) is 0 Å². The third-order valence-corrected chi connectivity index (χ3v) is 3.45. The van der Waals surface area contributed by atoms with Crippen molar-refractivity contribution in [2.24, 2.45) is 0 Å². The van der Waals surface area contributed by atoms with Crippen LogP contribution in [0.4, 0.5) is 0 Å². The van der Waals surface area contributed by atoms with E-state index in [4.69, 9.17) is 9.26 Å². The van der Waals surface area contributed by atoms with E-state index in [1.54, 1.807) is 7.11 Å². The Morgan fingerprint density at radius 1 is 1.45 bits per heavy atom. The van der Waals surface area contributed by atoms with Gasteiger partial charge in [-0.2, -0.15) is 4.98 Å². The first kappa shape index (κ1) is 13.1. The second kappa shape index (κ2) is 5.22. The van der Waals surface area contributed by atoms with Crippen molar-refractivity contribution < 1.29 is 14.4 Å². The van der Waals surface area contributed by atoms with Crippen LogP contribution in [-0.4, -0.2) is 35.0 Å². The highest BCUT2D eigenvalue weighted by Gasteiger charge is 2.28. The summed E-state index contributed by atoms with van der Waals surface area (Å²) < 4.78 is 10.6. The largest absolute Gasteiger partial charge is 0.496 e. The lowest BCUT2D eigenvalue weighted by Crippen LogP contribution is -2.15. The molecule has 0 saturated carbocycles. The third kappa shape index (κ3) is 2.39. The van der Waals surface area contributed by atoms with Gasteiger partial charge in [-0.05, 0) is 31.0 Å². The molecule has 0 radical (unpaired) electrons. The maximum absolute atomic E-state index is 9.53. The van der Waals surface area contributed by atoms with E-state index in [0.717, 1.165) is 16.9 Å². The van der Waals surface area contributed by atoms with Crippen molar-refractivity contribution in [3.63, 3.8) is 0 Å². The normalized spacial score (nSPS) is 22.1. The number of aliphatic hydroxyl groups is 1. The topological polar surface area (TPSA) is 80.4 Å². The van der Waals surface area contributed by atoms with E-state index >= 15 is 0 Å². The van der Waals surface area contributed by atoms with Crippen LogP contribution >= 0.6 is 0 Å². The van der Waals surface area contributed by atoms with Gasteiger partial charge in [-0.15, -0.1) is 0 Å². The molecule has 6 nitrogen and oxygen atoms in total. The van der Waals surface area contributed by atoms with Gasteiger partial charge in [0.1, 0.15) is 5.75 Å². The Bertz CT molecular complexity index is 611. The summed E-state index contributed by atoms with van der Waals surface area (Å²) in [6.07, 6.45) is 0.233. The molecule has 1 saturated heterocycles. The summed E-state index contributed by atoms with van der Waals surface area (Å²) in [5.41, 5.74) is 1.90. The number of aryl methyl sites for hydroxylation is 1. The lowest BCUT2D eigenvalue weighted by Gasteiger charge is -2.05. The Balaban J connectivity index is 1.90. The van der Waals surface area contributed by atoms with Crippen LogP contribution in [0.1, 0.15) is 23.9 Å². The summed E-state index contributed by atoms with van der Waals surface area (Å²) in [6, 6.07) is 5.75. The Kier molecular flexibility index (Phi) is 3.42. The summed E-state index contributed by atoms with van der Waals surface area (Å²) in [4.78, 5) is 4.40. The van der Waals surface area contributed by atoms with Crippen LogP contribution in [-0.2, 0) is 0 Å². The first-order chi connectivity index (χ1) is 9.67. The Hall–Kier alpha value is -1.92. The van der Waals surface area contributed by atoms with Crippen molar-refractivity contribution in [1.82, 2.24) is 15.5 Å². The molecule has 106 valence electrons. The molecule has 20 heavy (non-hydrogen) atoms. The molecule has 0 aliphatic carbocycles. The first-order valence-electron chi connectivity index (χ1n) is 6.57. The molecular weight excluding hydrogens is 258 g/mol. The molecule has 2 aromatic rings. The van der Waals surface area contributed by atoms with E-state index in [0.29, 0.717) is 24.7 Å². The SMILES string of the molecule is COc1cc(C)ccc1-c1noc([C@H]2C[C@H](O)CN2)n1. The van der Waals surface area contributed by atoms with E-state index in [1.165, 1.54) is 0 Å². The van der Waals surface area contributed by atoms with Gasteiger partial charge in [-0.25, -0.2) is 0 Å². The minimum absolute atomic E-state index is 0.0808. The second-order valence-electron chi connectivity index (χ2n) is 5.01. The van der Waals surface area contributed by atoms with Crippen molar-refractivity contribution in [2.75, 3.05) is 13.7 Å². The number of rotatable bonds is 3. The number of aliphatic hydroxyl groups excluding tert-OH is 1. The maximum atomic E-state index is 9.53. The molecule has 0 amide bonds. The van der Waals surface area contributed by atoms with Gasteiger partial charge in [-0.1, -0.05) is 11.2 Å². The smallest absolute Gasteiger partial charge is 0.244 e. The van der Waals surface area contributed by atoms with Crippen LogP contribution < -0.4 is 10.1 Å². The van der Waals surface area contributed by atoms with Gasteiger partial charge in [0.05, 0.1) is 24.8 Å². The number of nitrogens with zero attached hydrogens (tertiary/aromatic N) is 2. The molecule has 3 rings (SSSR count). The van der Waals surface area contributed by atoms with Crippen LogP contribution in [0, 0.1) is 6.92 Å². The number of nitrogens with one attached hydrogen (secondary N) is 1. The predicted molar refractivity (Wildman–Crippen MR) is 72.4 cm³/mol. The zero-order chi connectivity index (χ0) is 14.1. The molecule has 1 aliphatic heterocycles. The van der Waals surface area contributed by atoms with E-state index in [2.05, 4.69) is 15.5 Å². The van der Waals surface area contributed by atoms with E-state index in [-0.39, 0.29) is 12.1 Å². The molecule has 2 N–H and O–H groups in total. The van der Waals surface area contributed by atoms with Crippen LogP contribution in [0.25, 0.3) is 11.4 Å². The van der Waals surface area contributed by atoms with Crippen LogP contribution in [0.2, 0.25) is 0 Å². The van der Waals surface area contributed by atoms with Crippen molar-refractivity contribution in [3.8, 4) is 17.1 Å². The van der Waals surface area contributed by atoms with Gasteiger partial charge >= 0.3 is 0 Å². The van der Waals surface area contributed by atoms with Gasteiger partial charge in [0.2, 0.25) is 11.7 Å². The molecule has 1 aromatic heterocycles. The Morgan fingerprint density at radius 2 is 2.30 bits per heavy atom. The van der Waals surface area contributed by atoms with Gasteiger partial charge in [0.15, 0.2) is 0 Å².